The smallest absolute Gasteiger partial charge is 0.00888 e. The zero-order valence-corrected chi connectivity index (χ0v) is 16.0. The van der Waals surface area contributed by atoms with Crippen LogP contribution >= 0.6 is 23.9 Å². The van der Waals surface area contributed by atoms with E-state index in [1.165, 1.54) is 15.9 Å². The molecule has 0 aromatic heterocycles. The Morgan fingerprint density at radius 2 is 0.783 bits per heavy atom. The summed E-state index contributed by atoms with van der Waals surface area (Å²) in [5.74, 6) is 0. The van der Waals surface area contributed by atoms with Crippen LogP contribution in [0.15, 0.2) is 91.0 Å². The first-order valence-corrected chi connectivity index (χ1v) is 10.0. The molecule has 0 N–H and O–H groups in total. The van der Waals surface area contributed by atoms with E-state index in [1.807, 2.05) is 0 Å². The summed E-state index contributed by atoms with van der Waals surface area (Å²) >= 11 is 3.27. The summed E-state index contributed by atoms with van der Waals surface area (Å²) in [6.07, 6.45) is 0. The van der Waals surface area contributed by atoms with Gasteiger partial charge in [0.15, 0.2) is 0 Å². The van der Waals surface area contributed by atoms with Gasteiger partial charge in [0.1, 0.15) is 0 Å². The van der Waals surface area contributed by atoms with Crippen LogP contribution in [0, 0.1) is 0 Å². The molecule has 0 aliphatic heterocycles. The molecule has 0 atom stereocenters. The van der Waals surface area contributed by atoms with Gasteiger partial charge in [-0.3, -0.25) is 0 Å². The van der Waals surface area contributed by atoms with E-state index in [9.17, 15) is 0 Å². The molecule has 3 rings (SSSR count). The van der Waals surface area contributed by atoms with Gasteiger partial charge in [-0.05, 0) is 23.8 Å². The predicted molar refractivity (Wildman–Crippen MR) is 109 cm³/mol. The molecular formula is C21H22BrP. The van der Waals surface area contributed by atoms with Crippen molar-refractivity contribution in [2.24, 2.45) is 0 Å². The highest BCUT2D eigenvalue weighted by Gasteiger charge is 2.14. The van der Waals surface area contributed by atoms with Gasteiger partial charge in [0, 0.05) is 4.83 Å². The van der Waals surface area contributed by atoms with Crippen molar-refractivity contribution in [3.05, 3.63) is 91.0 Å². The quantitative estimate of drug-likeness (QED) is 0.428. The highest BCUT2D eigenvalue weighted by atomic mass is 79.9. The second kappa shape index (κ2) is 9.65. The molecule has 0 fully saturated rings. The van der Waals surface area contributed by atoms with Gasteiger partial charge in [-0.2, -0.15) is 0 Å². The number of hydrogen-bond donors (Lipinski definition) is 0. The lowest BCUT2D eigenvalue weighted by Crippen LogP contribution is -2.20. The van der Waals surface area contributed by atoms with Crippen LogP contribution in [-0.4, -0.2) is 4.83 Å². The van der Waals surface area contributed by atoms with Crippen LogP contribution in [0.5, 0.6) is 0 Å². The van der Waals surface area contributed by atoms with E-state index >= 15 is 0 Å². The normalized spacial score (nSPS) is 10.3. The highest BCUT2D eigenvalue weighted by Crippen LogP contribution is 2.32. The number of halogens is 1. The van der Waals surface area contributed by atoms with Crippen molar-refractivity contribution in [1.82, 2.24) is 0 Å². The number of alkyl halides is 1. The van der Waals surface area contributed by atoms with Crippen LogP contribution in [0.4, 0.5) is 0 Å². The molecule has 118 valence electrons. The van der Waals surface area contributed by atoms with Gasteiger partial charge in [0.25, 0.3) is 0 Å². The summed E-state index contributed by atoms with van der Waals surface area (Å²) in [7, 11) is -0.446. The number of rotatable bonds is 3. The standard InChI is InChI=1S/C18H15P.C3H7Br/c1-4-10-16(11-5-1)19(17-12-6-2-7-13-17)18-14-8-3-9-15-18;1-3(2)4/h1-15H;3H,1-2H3. The molecule has 2 heteroatoms. The maximum absolute atomic E-state index is 3.27. The van der Waals surface area contributed by atoms with Crippen LogP contribution in [-0.2, 0) is 0 Å². The van der Waals surface area contributed by atoms with E-state index in [2.05, 4.69) is 121 Å². The van der Waals surface area contributed by atoms with Gasteiger partial charge in [-0.1, -0.05) is 121 Å². The minimum atomic E-state index is -0.446. The van der Waals surface area contributed by atoms with Gasteiger partial charge >= 0.3 is 0 Å². The second-order valence-electron chi connectivity index (χ2n) is 5.36. The molecule has 3 aromatic rings. The molecule has 0 radical (unpaired) electrons. The minimum absolute atomic E-state index is 0.446. The monoisotopic (exact) mass is 384 g/mol. The maximum atomic E-state index is 3.27. The van der Waals surface area contributed by atoms with Crippen LogP contribution < -0.4 is 15.9 Å². The third-order valence-corrected chi connectivity index (χ3v) is 5.49. The largest absolute Gasteiger partial charge is 0.0897 e. The topological polar surface area (TPSA) is 0 Å². The van der Waals surface area contributed by atoms with E-state index in [4.69, 9.17) is 0 Å². The van der Waals surface area contributed by atoms with Crippen molar-refractivity contribution >= 4 is 39.8 Å². The molecule has 0 nitrogen and oxygen atoms in total. The zero-order chi connectivity index (χ0) is 16.5. The van der Waals surface area contributed by atoms with Gasteiger partial charge in [0.05, 0.1) is 0 Å². The fourth-order valence-electron chi connectivity index (χ4n) is 2.18. The summed E-state index contributed by atoms with van der Waals surface area (Å²) in [5.41, 5.74) is 0. The predicted octanol–water partition coefficient (Wildman–Crippen LogP) is 5.23. The van der Waals surface area contributed by atoms with Gasteiger partial charge in [-0.15, -0.1) is 0 Å². The molecule has 0 spiro atoms. The molecule has 3 aromatic carbocycles. The molecule has 23 heavy (non-hydrogen) atoms. The Labute approximate surface area is 149 Å². The molecule has 0 saturated carbocycles. The highest BCUT2D eigenvalue weighted by molar-refractivity contribution is 9.09. The van der Waals surface area contributed by atoms with Crippen molar-refractivity contribution in [3.63, 3.8) is 0 Å². The van der Waals surface area contributed by atoms with Crippen molar-refractivity contribution in [2.45, 2.75) is 18.7 Å². The van der Waals surface area contributed by atoms with Crippen LogP contribution in [0.2, 0.25) is 0 Å². The third-order valence-electron chi connectivity index (χ3n) is 3.04. The average Bonchev–Trinajstić information content (AvgIpc) is 2.58. The van der Waals surface area contributed by atoms with E-state index in [1.54, 1.807) is 0 Å². The van der Waals surface area contributed by atoms with E-state index in [-0.39, 0.29) is 0 Å². The Hall–Kier alpha value is -1.43. The fourth-order valence-corrected chi connectivity index (χ4v) is 4.48. The fraction of sp³-hybridized carbons (Fsp3) is 0.143. The van der Waals surface area contributed by atoms with Crippen molar-refractivity contribution < 1.29 is 0 Å². The molecule has 0 aliphatic carbocycles. The lowest BCUT2D eigenvalue weighted by molar-refractivity contribution is 1.14. The van der Waals surface area contributed by atoms with Crippen molar-refractivity contribution in [3.8, 4) is 0 Å². The Morgan fingerprint density at radius 3 is 1.00 bits per heavy atom. The minimum Gasteiger partial charge on any atom is -0.0897 e. The molecule has 0 bridgehead atoms. The van der Waals surface area contributed by atoms with E-state index < -0.39 is 7.92 Å². The summed E-state index contributed by atoms with van der Waals surface area (Å²) in [5, 5.41) is 4.19. The van der Waals surface area contributed by atoms with Crippen molar-refractivity contribution in [1.29, 1.82) is 0 Å². The summed E-state index contributed by atoms with van der Waals surface area (Å²) in [6, 6.07) is 32.3. The first-order valence-electron chi connectivity index (χ1n) is 7.78. The average molecular weight is 385 g/mol. The summed E-state index contributed by atoms with van der Waals surface area (Å²) in [6.45, 7) is 4.17. The zero-order valence-electron chi connectivity index (χ0n) is 13.6. The molecule has 0 unspecified atom stereocenters. The molecule has 0 saturated heterocycles. The van der Waals surface area contributed by atoms with E-state index in [0.717, 1.165) is 0 Å². The van der Waals surface area contributed by atoms with Gasteiger partial charge < -0.3 is 0 Å². The Kier molecular flexibility index (Phi) is 7.52. The number of benzene rings is 3. The lowest BCUT2D eigenvalue weighted by Gasteiger charge is -2.18. The Balaban J connectivity index is 0.000000433. The van der Waals surface area contributed by atoms with Crippen LogP contribution in [0.25, 0.3) is 0 Å². The molecule has 0 amide bonds. The van der Waals surface area contributed by atoms with Crippen LogP contribution in [0.3, 0.4) is 0 Å². The third kappa shape index (κ3) is 5.94. The SMILES string of the molecule is CC(C)Br.c1ccc(P(c2ccccc2)c2ccccc2)cc1. The lowest BCUT2D eigenvalue weighted by atomic mass is 10.4. The van der Waals surface area contributed by atoms with Crippen LogP contribution in [0.1, 0.15) is 13.8 Å². The first kappa shape index (κ1) is 17.9. The second-order valence-corrected chi connectivity index (χ2v) is 9.41. The van der Waals surface area contributed by atoms with Crippen molar-refractivity contribution in [2.75, 3.05) is 0 Å². The molecular weight excluding hydrogens is 363 g/mol. The Morgan fingerprint density at radius 1 is 0.565 bits per heavy atom. The van der Waals surface area contributed by atoms with Gasteiger partial charge in [0.2, 0.25) is 0 Å². The summed E-state index contributed by atoms with van der Waals surface area (Å²) in [4.78, 5) is 0.646. The Bertz CT molecular complexity index is 569. The van der Waals surface area contributed by atoms with Gasteiger partial charge in [-0.25, -0.2) is 0 Å². The first-order chi connectivity index (χ1) is 11.2. The molecule has 0 heterocycles. The van der Waals surface area contributed by atoms with E-state index in [0.29, 0.717) is 4.83 Å². The maximum Gasteiger partial charge on any atom is 0.00888 e. The number of hydrogen-bond acceptors (Lipinski definition) is 0. The summed E-state index contributed by atoms with van der Waals surface area (Å²) < 4.78 is 0. The molecule has 0 aliphatic rings.